The highest BCUT2D eigenvalue weighted by Crippen LogP contribution is 2.16. The Morgan fingerprint density at radius 3 is 2.52 bits per heavy atom. The van der Waals surface area contributed by atoms with Crippen LogP contribution in [0.1, 0.15) is 0 Å². The van der Waals surface area contributed by atoms with Gasteiger partial charge in [-0.2, -0.15) is 0 Å². The molecule has 1 atom stereocenters. The van der Waals surface area contributed by atoms with E-state index < -0.39 is 18.2 Å². The van der Waals surface area contributed by atoms with Crippen molar-refractivity contribution in [2.75, 3.05) is 57.4 Å². The number of carbonyl (C=O) groups is 2. The Kier molecular flexibility index (Phi) is 5.60. The van der Waals surface area contributed by atoms with Gasteiger partial charge >= 0.3 is 12.2 Å². The van der Waals surface area contributed by atoms with Crippen molar-refractivity contribution in [3.05, 3.63) is 30.3 Å². The molecule has 0 aromatic heterocycles. The minimum atomic E-state index is -1.01. The Labute approximate surface area is 146 Å². The zero-order valence-electron chi connectivity index (χ0n) is 14.0. The fourth-order valence-corrected chi connectivity index (χ4v) is 3.09. The molecule has 25 heavy (non-hydrogen) atoms. The van der Waals surface area contributed by atoms with Crippen molar-refractivity contribution in [2.24, 2.45) is 0 Å². The molecule has 1 unspecified atom stereocenters. The van der Waals surface area contributed by atoms with Gasteiger partial charge in [-0.1, -0.05) is 18.2 Å². The first-order chi connectivity index (χ1) is 12.1. The second-order valence-electron chi connectivity index (χ2n) is 6.09. The summed E-state index contributed by atoms with van der Waals surface area (Å²) in [6, 6.07) is 9.63. The molecule has 2 saturated heterocycles. The summed E-state index contributed by atoms with van der Waals surface area (Å²) in [4.78, 5) is 28.6. The van der Waals surface area contributed by atoms with Crippen LogP contribution in [-0.2, 0) is 9.47 Å². The summed E-state index contributed by atoms with van der Waals surface area (Å²) >= 11 is 0. The Balaban J connectivity index is 1.46. The van der Waals surface area contributed by atoms with Gasteiger partial charge in [-0.05, 0) is 12.1 Å². The maximum Gasteiger partial charge on any atom is 0.409 e. The minimum absolute atomic E-state index is 0.0179. The Bertz CT molecular complexity index is 589. The third-order valence-electron chi connectivity index (χ3n) is 4.53. The number of nitrogens with zero attached hydrogens (tertiary/aromatic N) is 3. The molecule has 2 fully saturated rings. The zero-order chi connectivity index (χ0) is 17.6. The number of carboxylic acid groups (broad SMARTS) is 1. The van der Waals surface area contributed by atoms with E-state index in [9.17, 15) is 14.7 Å². The highest BCUT2D eigenvalue weighted by molar-refractivity contribution is 5.68. The minimum Gasteiger partial charge on any atom is -0.465 e. The van der Waals surface area contributed by atoms with Crippen molar-refractivity contribution in [2.45, 2.75) is 6.04 Å². The second kappa shape index (κ2) is 8.06. The number of hydrogen-bond acceptors (Lipinski definition) is 5. The van der Waals surface area contributed by atoms with E-state index in [2.05, 4.69) is 17.0 Å². The van der Waals surface area contributed by atoms with Crippen molar-refractivity contribution in [3.63, 3.8) is 0 Å². The standard InChI is InChI=1S/C17H23N3O5/c21-16(22)20-10-11-24-12-15(20)13-25-17(23)19-8-6-18(7-9-19)14-4-2-1-3-5-14/h1-5,15H,6-13H2,(H,21,22). The molecule has 1 aromatic rings. The number of ether oxygens (including phenoxy) is 2. The van der Waals surface area contributed by atoms with Crippen LogP contribution in [0, 0.1) is 0 Å². The lowest BCUT2D eigenvalue weighted by molar-refractivity contribution is -0.0254. The molecular weight excluding hydrogens is 326 g/mol. The molecule has 2 amide bonds. The number of anilines is 1. The number of para-hydroxylation sites is 1. The average molecular weight is 349 g/mol. The Hall–Kier alpha value is -2.48. The molecular formula is C17H23N3O5. The summed E-state index contributed by atoms with van der Waals surface area (Å²) in [5.74, 6) is 0. The lowest BCUT2D eigenvalue weighted by atomic mass is 10.2. The number of carbonyl (C=O) groups excluding carboxylic acids is 1. The van der Waals surface area contributed by atoms with Crippen LogP contribution in [0.4, 0.5) is 15.3 Å². The van der Waals surface area contributed by atoms with Crippen LogP contribution in [0.2, 0.25) is 0 Å². The summed E-state index contributed by atoms with van der Waals surface area (Å²) in [6.45, 7) is 3.59. The maximum atomic E-state index is 12.2. The SMILES string of the molecule is O=C(OCC1COCCN1C(=O)O)N1CCN(c2ccccc2)CC1. The first-order valence-corrected chi connectivity index (χ1v) is 8.44. The topological polar surface area (TPSA) is 82.5 Å². The van der Waals surface area contributed by atoms with E-state index >= 15 is 0 Å². The largest absolute Gasteiger partial charge is 0.465 e. The van der Waals surface area contributed by atoms with Crippen molar-refractivity contribution in [3.8, 4) is 0 Å². The second-order valence-corrected chi connectivity index (χ2v) is 6.09. The molecule has 2 heterocycles. The Morgan fingerprint density at radius 2 is 1.84 bits per heavy atom. The van der Waals surface area contributed by atoms with Gasteiger partial charge in [0, 0.05) is 38.4 Å². The summed E-state index contributed by atoms with van der Waals surface area (Å²) in [7, 11) is 0. The van der Waals surface area contributed by atoms with E-state index in [0.717, 1.165) is 18.8 Å². The quantitative estimate of drug-likeness (QED) is 0.886. The molecule has 3 rings (SSSR count). The number of morpholine rings is 1. The first-order valence-electron chi connectivity index (χ1n) is 8.44. The van der Waals surface area contributed by atoms with Gasteiger partial charge in [0.05, 0.1) is 19.3 Å². The number of amides is 2. The summed E-state index contributed by atoms with van der Waals surface area (Å²) < 4.78 is 10.6. The average Bonchev–Trinajstić information content (AvgIpc) is 2.67. The molecule has 1 aromatic carbocycles. The highest BCUT2D eigenvalue weighted by Gasteiger charge is 2.29. The molecule has 1 N–H and O–H groups in total. The van der Waals surface area contributed by atoms with E-state index in [1.165, 1.54) is 4.90 Å². The predicted octanol–water partition coefficient (Wildman–Crippen LogP) is 1.32. The van der Waals surface area contributed by atoms with Gasteiger partial charge < -0.3 is 24.4 Å². The molecule has 0 aliphatic carbocycles. The van der Waals surface area contributed by atoms with Crippen molar-refractivity contribution >= 4 is 17.9 Å². The molecule has 0 radical (unpaired) electrons. The molecule has 136 valence electrons. The van der Waals surface area contributed by atoms with Crippen molar-refractivity contribution < 1.29 is 24.2 Å². The number of rotatable bonds is 3. The molecule has 8 heteroatoms. The number of piperazine rings is 1. The van der Waals surface area contributed by atoms with Crippen LogP contribution < -0.4 is 4.90 Å². The fraction of sp³-hybridized carbons (Fsp3) is 0.529. The highest BCUT2D eigenvalue weighted by atomic mass is 16.6. The van der Waals surface area contributed by atoms with Gasteiger partial charge in [-0.25, -0.2) is 9.59 Å². The van der Waals surface area contributed by atoms with Gasteiger partial charge in [0.25, 0.3) is 0 Å². The summed E-state index contributed by atoms with van der Waals surface area (Å²) in [5, 5.41) is 9.17. The zero-order valence-corrected chi connectivity index (χ0v) is 14.0. The molecule has 2 aliphatic rings. The summed E-state index contributed by atoms with van der Waals surface area (Å²) in [6.07, 6.45) is -1.41. The maximum absolute atomic E-state index is 12.2. The molecule has 2 aliphatic heterocycles. The van der Waals surface area contributed by atoms with E-state index in [1.54, 1.807) is 4.90 Å². The molecule has 0 bridgehead atoms. The van der Waals surface area contributed by atoms with Gasteiger partial charge in [0.1, 0.15) is 6.61 Å². The molecule has 0 spiro atoms. The monoisotopic (exact) mass is 349 g/mol. The van der Waals surface area contributed by atoms with E-state index in [1.807, 2.05) is 18.2 Å². The van der Waals surface area contributed by atoms with Crippen molar-refractivity contribution in [1.82, 2.24) is 9.80 Å². The van der Waals surface area contributed by atoms with Crippen LogP contribution in [-0.4, -0.2) is 85.7 Å². The third kappa shape index (κ3) is 4.33. The lowest BCUT2D eigenvalue weighted by Crippen LogP contribution is -2.52. The van der Waals surface area contributed by atoms with Gasteiger partial charge in [-0.15, -0.1) is 0 Å². The molecule has 8 nitrogen and oxygen atoms in total. The fourth-order valence-electron chi connectivity index (χ4n) is 3.09. The Morgan fingerprint density at radius 1 is 1.12 bits per heavy atom. The van der Waals surface area contributed by atoms with Crippen LogP contribution in [0.5, 0.6) is 0 Å². The third-order valence-corrected chi connectivity index (χ3v) is 4.53. The summed E-state index contributed by atoms with van der Waals surface area (Å²) in [5.41, 5.74) is 1.15. The van der Waals surface area contributed by atoms with Gasteiger partial charge in [0.15, 0.2) is 0 Å². The predicted molar refractivity (Wildman–Crippen MR) is 90.9 cm³/mol. The van der Waals surface area contributed by atoms with Crippen LogP contribution in [0.15, 0.2) is 30.3 Å². The van der Waals surface area contributed by atoms with Crippen molar-refractivity contribution in [1.29, 1.82) is 0 Å². The van der Waals surface area contributed by atoms with E-state index in [-0.39, 0.29) is 13.2 Å². The van der Waals surface area contributed by atoms with Gasteiger partial charge in [0.2, 0.25) is 0 Å². The number of hydrogen-bond donors (Lipinski definition) is 1. The lowest BCUT2D eigenvalue weighted by Gasteiger charge is -2.36. The van der Waals surface area contributed by atoms with Crippen LogP contribution >= 0.6 is 0 Å². The smallest absolute Gasteiger partial charge is 0.409 e. The normalized spacial score (nSPS) is 21.1. The molecule has 0 saturated carbocycles. The van der Waals surface area contributed by atoms with Gasteiger partial charge in [-0.3, -0.25) is 4.90 Å². The number of benzene rings is 1. The van der Waals surface area contributed by atoms with E-state index in [4.69, 9.17) is 9.47 Å². The van der Waals surface area contributed by atoms with Crippen LogP contribution in [0.25, 0.3) is 0 Å². The van der Waals surface area contributed by atoms with Crippen LogP contribution in [0.3, 0.4) is 0 Å². The first kappa shape index (κ1) is 17.3. The van der Waals surface area contributed by atoms with E-state index in [0.29, 0.717) is 26.2 Å².